The number of amides is 2. The van der Waals surface area contributed by atoms with Crippen molar-refractivity contribution in [3.8, 4) is 0 Å². The first-order valence-electron chi connectivity index (χ1n) is 13.6. The zero-order valence-electron chi connectivity index (χ0n) is 23.3. The Labute approximate surface area is 274 Å². The summed E-state index contributed by atoms with van der Waals surface area (Å²) in [6, 6.07) is 9.56. The second kappa shape index (κ2) is 17.8. The van der Waals surface area contributed by atoms with Gasteiger partial charge >= 0.3 is 5.97 Å². The third kappa shape index (κ3) is 9.82. The number of unbranched alkanes of at least 4 members (excludes halogenated alkanes) is 6. The van der Waals surface area contributed by atoms with Crippen LogP contribution in [0.2, 0.25) is 0 Å². The Kier molecular flexibility index (Phi) is 15.6. The summed E-state index contributed by atoms with van der Waals surface area (Å²) in [4.78, 5) is 43.1. The van der Waals surface area contributed by atoms with E-state index in [1.54, 1.807) is 23.6 Å². The van der Waals surface area contributed by atoms with Gasteiger partial charge in [-0.25, -0.2) is 4.79 Å². The number of halogens is 3. The smallest absolute Gasteiger partial charge is 0.340 e. The van der Waals surface area contributed by atoms with Gasteiger partial charge in [0.2, 0.25) is 11.8 Å². The van der Waals surface area contributed by atoms with Crippen LogP contribution in [-0.2, 0) is 20.9 Å². The molecule has 0 atom stereocenters. The molecule has 0 fully saturated rings. The van der Waals surface area contributed by atoms with Gasteiger partial charge in [-0.15, -0.1) is 0 Å². The van der Waals surface area contributed by atoms with Crippen molar-refractivity contribution in [2.45, 2.75) is 85.7 Å². The standard InChI is InChI=1S/C30H39I3N2O4/c1-5-7-9-14-18-34(21(3)36)28-25(31)24(30(38)39-20-23-16-12-11-13-17-23)26(32)29(27(28)33)35(22(4)37)19-15-10-8-6-2/h11-13,16-17H,5-10,14-15,18-20H2,1-4H3. The van der Waals surface area contributed by atoms with Crippen LogP contribution in [0.15, 0.2) is 30.3 Å². The fourth-order valence-corrected chi connectivity index (χ4v) is 9.10. The average Bonchev–Trinajstić information content (AvgIpc) is 2.90. The largest absolute Gasteiger partial charge is 0.457 e. The Morgan fingerprint density at radius 3 is 1.56 bits per heavy atom. The molecule has 0 saturated heterocycles. The highest BCUT2D eigenvalue weighted by molar-refractivity contribution is 14.1. The molecule has 39 heavy (non-hydrogen) atoms. The molecule has 2 aromatic rings. The topological polar surface area (TPSA) is 66.9 Å². The fourth-order valence-electron chi connectivity index (χ4n) is 4.33. The zero-order valence-corrected chi connectivity index (χ0v) is 29.8. The minimum atomic E-state index is -0.462. The van der Waals surface area contributed by atoms with E-state index in [2.05, 4.69) is 81.6 Å². The maximum Gasteiger partial charge on any atom is 0.340 e. The van der Waals surface area contributed by atoms with Gasteiger partial charge in [-0.1, -0.05) is 82.7 Å². The molecule has 6 nitrogen and oxygen atoms in total. The summed E-state index contributed by atoms with van der Waals surface area (Å²) < 4.78 is 7.92. The van der Waals surface area contributed by atoms with Gasteiger partial charge in [-0.2, -0.15) is 0 Å². The first kappa shape index (κ1) is 34.2. The molecule has 0 saturated carbocycles. The first-order chi connectivity index (χ1) is 18.6. The van der Waals surface area contributed by atoms with Crippen LogP contribution in [0.5, 0.6) is 0 Å². The summed E-state index contributed by atoms with van der Waals surface area (Å²) in [6.45, 7) is 8.68. The van der Waals surface area contributed by atoms with E-state index < -0.39 is 5.97 Å². The van der Waals surface area contributed by atoms with E-state index in [-0.39, 0.29) is 18.4 Å². The summed E-state index contributed by atoms with van der Waals surface area (Å²) >= 11 is 6.58. The number of benzene rings is 2. The maximum absolute atomic E-state index is 13.6. The highest BCUT2D eigenvalue weighted by atomic mass is 127. The van der Waals surface area contributed by atoms with Crippen LogP contribution >= 0.6 is 67.8 Å². The van der Waals surface area contributed by atoms with Crippen LogP contribution in [0.25, 0.3) is 0 Å². The Morgan fingerprint density at radius 2 is 1.15 bits per heavy atom. The van der Waals surface area contributed by atoms with E-state index in [0.29, 0.717) is 37.2 Å². The summed E-state index contributed by atoms with van der Waals surface area (Å²) in [5, 5.41) is 0. The summed E-state index contributed by atoms with van der Waals surface area (Å²) in [7, 11) is 0. The number of hydrogen-bond acceptors (Lipinski definition) is 4. The molecule has 0 N–H and O–H groups in total. The van der Waals surface area contributed by atoms with Crippen molar-refractivity contribution in [3.05, 3.63) is 52.2 Å². The molecular formula is C30H39I3N2O4. The molecule has 214 valence electrons. The van der Waals surface area contributed by atoms with E-state index >= 15 is 0 Å². The van der Waals surface area contributed by atoms with Crippen LogP contribution in [0.3, 0.4) is 0 Å². The molecule has 0 aliphatic carbocycles. The van der Waals surface area contributed by atoms with Crippen molar-refractivity contribution in [1.82, 2.24) is 0 Å². The Morgan fingerprint density at radius 1 is 0.692 bits per heavy atom. The highest BCUT2D eigenvalue weighted by Crippen LogP contribution is 2.43. The molecule has 0 aromatic heterocycles. The number of esters is 1. The minimum absolute atomic E-state index is 0.0876. The molecule has 0 heterocycles. The molecule has 2 aromatic carbocycles. The van der Waals surface area contributed by atoms with Gasteiger partial charge in [0.1, 0.15) is 6.61 Å². The van der Waals surface area contributed by atoms with Crippen LogP contribution in [-0.4, -0.2) is 30.9 Å². The van der Waals surface area contributed by atoms with Gasteiger partial charge in [0.15, 0.2) is 0 Å². The number of hydrogen-bond donors (Lipinski definition) is 0. The Hall–Kier alpha value is -0.960. The second-order valence-corrected chi connectivity index (χ2v) is 12.8. The molecule has 0 radical (unpaired) electrons. The first-order valence-corrected chi connectivity index (χ1v) is 16.9. The van der Waals surface area contributed by atoms with Crippen LogP contribution in [0, 0.1) is 10.7 Å². The predicted molar refractivity (Wildman–Crippen MR) is 184 cm³/mol. The maximum atomic E-state index is 13.6. The van der Waals surface area contributed by atoms with Crippen molar-refractivity contribution < 1.29 is 19.1 Å². The minimum Gasteiger partial charge on any atom is -0.457 e. The van der Waals surface area contributed by atoms with Crippen LogP contribution in [0.4, 0.5) is 11.4 Å². The number of ether oxygens (including phenoxy) is 1. The molecule has 2 amide bonds. The number of carbonyl (C=O) groups excluding carboxylic acids is 3. The lowest BCUT2D eigenvalue weighted by Crippen LogP contribution is -2.35. The third-order valence-electron chi connectivity index (χ3n) is 6.46. The molecule has 2 rings (SSSR count). The predicted octanol–water partition coefficient (Wildman–Crippen LogP) is 8.72. The number of anilines is 2. The van der Waals surface area contributed by atoms with E-state index in [0.717, 1.165) is 60.5 Å². The van der Waals surface area contributed by atoms with Crippen molar-refractivity contribution in [2.75, 3.05) is 22.9 Å². The summed E-state index contributed by atoms with van der Waals surface area (Å²) in [5.41, 5.74) is 2.66. The van der Waals surface area contributed by atoms with Gasteiger partial charge in [0, 0.05) is 26.9 Å². The number of nitrogens with zero attached hydrogens (tertiary/aromatic N) is 2. The molecule has 0 unspecified atom stereocenters. The Bertz CT molecular complexity index is 1070. The van der Waals surface area contributed by atoms with E-state index in [4.69, 9.17) is 4.74 Å². The monoisotopic (exact) mass is 872 g/mol. The molecule has 0 bridgehead atoms. The van der Waals surface area contributed by atoms with Gasteiger partial charge < -0.3 is 14.5 Å². The van der Waals surface area contributed by atoms with E-state index in [1.165, 1.54) is 0 Å². The Balaban J connectivity index is 2.64. The average molecular weight is 872 g/mol. The normalized spacial score (nSPS) is 10.8. The van der Waals surface area contributed by atoms with E-state index in [1.807, 2.05) is 30.3 Å². The molecule has 0 aliphatic rings. The van der Waals surface area contributed by atoms with Crippen LogP contribution in [0.1, 0.15) is 95.0 Å². The lowest BCUT2D eigenvalue weighted by molar-refractivity contribution is -0.117. The third-order valence-corrected chi connectivity index (χ3v) is 9.58. The molecule has 0 spiro atoms. The quantitative estimate of drug-likeness (QED) is 0.102. The second-order valence-electron chi connectivity index (χ2n) is 9.54. The highest BCUT2D eigenvalue weighted by Gasteiger charge is 2.32. The summed E-state index contributed by atoms with van der Waals surface area (Å²) in [5.74, 6) is -0.638. The van der Waals surface area contributed by atoms with Crippen molar-refractivity contribution in [3.63, 3.8) is 0 Å². The zero-order chi connectivity index (χ0) is 28.9. The lowest BCUT2D eigenvalue weighted by atomic mass is 10.1. The van der Waals surface area contributed by atoms with Crippen molar-refractivity contribution in [1.29, 1.82) is 0 Å². The van der Waals surface area contributed by atoms with Gasteiger partial charge in [0.05, 0.1) is 27.6 Å². The van der Waals surface area contributed by atoms with E-state index in [9.17, 15) is 14.4 Å². The molecular weight excluding hydrogens is 833 g/mol. The van der Waals surface area contributed by atoms with Crippen molar-refractivity contribution >= 4 is 96.9 Å². The van der Waals surface area contributed by atoms with Gasteiger partial charge in [-0.3, -0.25) is 9.59 Å². The fraction of sp³-hybridized carbons (Fsp3) is 0.500. The lowest BCUT2D eigenvalue weighted by Gasteiger charge is -2.31. The molecule has 0 aliphatic heterocycles. The summed E-state index contributed by atoms with van der Waals surface area (Å²) in [6.07, 6.45) is 8.18. The molecule has 9 heteroatoms. The number of carbonyl (C=O) groups is 3. The van der Waals surface area contributed by atoms with Gasteiger partial charge in [0.25, 0.3) is 0 Å². The number of rotatable bonds is 15. The van der Waals surface area contributed by atoms with Crippen molar-refractivity contribution in [2.24, 2.45) is 0 Å². The SMILES string of the molecule is CCCCCCN(C(C)=O)c1c(I)c(C(=O)OCc2ccccc2)c(I)c(N(CCCCCC)C(C)=O)c1I. The van der Waals surface area contributed by atoms with Crippen LogP contribution < -0.4 is 9.80 Å². The van der Waals surface area contributed by atoms with Gasteiger partial charge in [-0.05, 0) is 86.2 Å².